The summed E-state index contributed by atoms with van der Waals surface area (Å²) >= 11 is 0.310. The van der Waals surface area contributed by atoms with Gasteiger partial charge in [0.25, 0.3) is 0 Å². The third-order valence-corrected chi connectivity index (χ3v) is 9.12. The third-order valence-electron chi connectivity index (χ3n) is 6.56. The van der Waals surface area contributed by atoms with Gasteiger partial charge in [-0.3, -0.25) is 0 Å². The summed E-state index contributed by atoms with van der Waals surface area (Å²) in [7, 11) is 0. The first-order chi connectivity index (χ1) is 18.3. The zero-order valence-corrected chi connectivity index (χ0v) is 21.6. The van der Waals surface area contributed by atoms with Crippen molar-refractivity contribution >= 4 is 33.8 Å². The van der Waals surface area contributed by atoms with Crippen molar-refractivity contribution in [2.75, 3.05) is 0 Å². The Hall–Kier alpha value is -4.37. The molecule has 2 heterocycles. The van der Waals surface area contributed by atoms with Crippen molar-refractivity contribution in [2.45, 2.75) is 0 Å². The fourth-order valence-electron chi connectivity index (χ4n) is 4.71. The quantitative estimate of drug-likeness (QED) is 0.214. The van der Waals surface area contributed by atoms with Crippen molar-refractivity contribution < 1.29 is 0 Å². The van der Waals surface area contributed by atoms with Crippen LogP contribution in [0.1, 0.15) is 0 Å². The Labute approximate surface area is 220 Å². The molecule has 0 bridgehead atoms. The van der Waals surface area contributed by atoms with Crippen LogP contribution in [-0.2, 0) is 0 Å². The Morgan fingerprint density at radius 3 is 1.49 bits per heavy atom. The van der Waals surface area contributed by atoms with Gasteiger partial charge in [0.2, 0.25) is 0 Å². The summed E-state index contributed by atoms with van der Waals surface area (Å²) in [6, 6.07) is 44.3. The molecule has 174 valence electrons. The number of hydrogen-bond acceptors (Lipinski definition) is 3. The van der Waals surface area contributed by atoms with Gasteiger partial charge in [-0.05, 0) is 0 Å². The zero-order valence-electron chi connectivity index (χ0n) is 19.9. The molecular weight excluding hydrogens is 517 g/mol. The molecule has 0 N–H and O–H groups in total. The number of rotatable bonds is 4. The first-order valence-electron chi connectivity index (χ1n) is 12.2. The van der Waals surface area contributed by atoms with Crippen molar-refractivity contribution in [3.05, 3.63) is 127 Å². The predicted octanol–water partition coefficient (Wildman–Crippen LogP) is 7.90. The van der Waals surface area contributed by atoms with E-state index < -0.39 is 0 Å². The van der Waals surface area contributed by atoms with Gasteiger partial charge in [0.15, 0.2) is 0 Å². The van der Waals surface area contributed by atoms with Gasteiger partial charge in [0.1, 0.15) is 0 Å². The zero-order chi connectivity index (χ0) is 24.6. The molecule has 7 rings (SSSR count). The van der Waals surface area contributed by atoms with E-state index in [0.717, 1.165) is 16.7 Å². The molecule has 37 heavy (non-hydrogen) atoms. The molecule has 0 atom stereocenters. The maximum atomic E-state index is 4.87. The molecule has 0 amide bonds. The topological polar surface area (TPSA) is 38.7 Å². The molecule has 0 radical (unpaired) electrons. The van der Waals surface area contributed by atoms with Crippen LogP contribution in [-0.4, -0.2) is 29.5 Å². The average molecular weight is 539 g/mol. The van der Waals surface area contributed by atoms with E-state index in [2.05, 4.69) is 66.7 Å². The average Bonchev–Trinajstić information content (AvgIpc) is 3.37. The molecule has 3 nitrogen and oxygen atoms in total. The van der Waals surface area contributed by atoms with Gasteiger partial charge < -0.3 is 0 Å². The molecule has 0 aliphatic rings. The first-order valence-corrected chi connectivity index (χ1v) is 13.9. The fourth-order valence-corrected chi connectivity index (χ4v) is 7.31. The van der Waals surface area contributed by atoms with Crippen molar-refractivity contribution in [3.63, 3.8) is 0 Å². The number of benzene rings is 5. The summed E-state index contributed by atoms with van der Waals surface area (Å²) in [5, 5.41) is 2.75. The molecule has 0 saturated carbocycles. The fraction of sp³-hybridized carbons (Fsp3) is 0. The minimum absolute atomic E-state index is 0.310. The summed E-state index contributed by atoms with van der Waals surface area (Å²) in [4.78, 5) is 14.5. The Kier molecular flexibility index (Phi) is 5.47. The second kappa shape index (κ2) is 9.25. The van der Waals surface area contributed by atoms with Gasteiger partial charge in [-0.25, -0.2) is 0 Å². The second-order valence-electron chi connectivity index (χ2n) is 8.90. The van der Waals surface area contributed by atoms with E-state index in [9.17, 15) is 0 Å². The summed E-state index contributed by atoms with van der Waals surface area (Å²) in [5.74, 6) is 2.03. The monoisotopic (exact) mass is 539 g/mol. The number of nitrogens with zero attached hydrogens (tertiary/aromatic N) is 3. The Balaban J connectivity index is 1.33. The third kappa shape index (κ3) is 4.07. The van der Waals surface area contributed by atoms with Crippen LogP contribution in [0.3, 0.4) is 0 Å². The van der Waals surface area contributed by atoms with Crippen molar-refractivity contribution in [1.29, 1.82) is 0 Å². The Morgan fingerprint density at radius 2 is 0.865 bits per heavy atom. The van der Waals surface area contributed by atoms with E-state index in [4.69, 9.17) is 15.0 Å². The minimum atomic E-state index is 0.310. The van der Waals surface area contributed by atoms with Crippen LogP contribution in [0.25, 0.3) is 64.6 Å². The van der Waals surface area contributed by atoms with Gasteiger partial charge in [0.05, 0.1) is 0 Å². The molecule has 7 aromatic rings. The molecule has 0 fully saturated rings. The van der Waals surface area contributed by atoms with E-state index in [-0.39, 0.29) is 0 Å². The van der Waals surface area contributed by atoms with Gasteiger partial charge >= 0.3 is 209 Å². The molecule has 5 aromatic carbocycles. The van der Waals surface area contributed by atoms with Crippen LogP contribution in [0.2, 0.25) is 0 Å². The maximum absolute atomic E-state index is 4.87. The molecule has 0 spiro atoms. The normalized spacial score (nSPS) is 11.2. The van der Waals surface area contributed by atoms with Crippen LogP contribution in [0.5, 0.6) is 0 Å². The molecule has 0 unspecified atom stereocenters. The van der Waals surface area contributed by atoms with Crippen molar-refractivity contribution in [2.24, 2.45) is 0 Å². The van der Waals surface area contributed by atoms with Gasteiger partial charge in [-0.15, -0.1) is 0 Å². The van der Waals surface area contributed by atoms with Gasteiger partial charge in [-0.1, -0.05) is 12.1 Å². The Bertz CT molecular complexity index is 1800. The summed E-state index contributed by atoms with van der Waals surface area (Å²) in [6.45, 7) is 0. The summed E-state index contributed by atoms with van der Waals surface area (Å²) in [6.07, 6.45) is 0. The van der Waals surface area contributed by atoms with Crippen LogP contribution in [0.15, 0.2) is 127 Å². The van der Waals surface area contributed by atoms with E-state index in [1.807, 2.05) is 60.7 Å². The van der Waals surface area contributed by atoms with E-state index in [1.54, 1.807) is 0 Å². The Morgan fingerprint density at radius 1 is 0.378 bits per heavy atom. The van der Waals surface area contributed by atoms with E-state index in [1.165, 1.54) is 30.4 Å². The van der Waals surface area contributed by atoms with Gasteiger partial charge in [-0.2, -0.15) is 0 Å². The van der Waals surface area contributed by atoms with Crippen molar-refractivity contribution in [3.8, 4) is 45.3 Å². The summed E-state index contributed by atoms with van der Waals surface area (Å²) < 4.78 is 2.92. The second-order valence-corrected chi connectivity index (χ2v) is 11.1. The van der Waals surface area contributed by atoms with E-state index >= 15 is 0 Å². The molecule has 0 saturated heterocycles. The predicted molar refractivity (Wildman–Crippen MR) is 154 cm³/mol. The molecule has 2 aromatic heterocycles. The van der Waals surface area contributed by atoms with Crippen LogP contribution >= 0.6 is 0 Å². The van der Waals surface area contributed by atoms with Gasteiger partial charge in [0, 0.05) is 0 Å². The number of fused-ring (bicyclic) bond motifs is 3. The van der Waals surface area contributed by atoms with Crippen molar-refractivity contribution in [1.82, 2.24) is 15.0 Å². The molecule has 0 aliphatic heterocycles. The number of hydrogen-bond donors (Lipinski definition) is 0. The SMILES string of the molecule is c1ccc(-c2nc(-c3ccccc3)nc(-c3ccc(-c4cccc5c4[se]c4ccccc45)cc3)n2)cc1. The molecular formula is C33H21N3Se. The van der Waals surface area contributed by atoms with Crippen LogP contribution < -0.4 is 0 Å². The molecule has 0 aliphatic carbocycles. The van der Waals surface area contributed by atoms with Crippen LogP contribution in [0.4, 0.5) is 0 Å². The standard InChI is InChI=1S/C33H21N3Se/c1-3-10-23(11-4-1)31-34-32(24-12-5-2-6-13-24)36-33(35-31)25-20-18-22(19-21-25)26-15-9-16-28-27-14-7-8-17-29(27)37-30(26)28/h1-21H. The van der Waals surface area contributed by atoms with E-state index in [0.29, 0.717) is 32.0 Å². The molecule has 4 heteroatoms. The number of aromatic nitrogens is 3. The first kappa shape index (κ1) is 21.9. The summed E-state index contributed by atoms with van der Waals surface area (Å²) in [5.41, 5.74) is 5.45. The van der Waals surface area contributed by atoms with Crippen LogP contribution in [0, 0.1) is 0 Å².